The number of hydrogen-bond donors (Lipinski definition) is 1. The van der Waals surface area contributed by atoms with Crippen LogP contribution in [0.2, 0.25) is 5.02 Å². The minimum atomic E-state index is -3.72. The number of anilines is 1. The van der Waals surface area contributed by atoms with Crippen molar-refractivity contribution < 1.29 is 12.9 Å². The van der Waals surface area contributed by atoms with Gasteiger partial charge in [0.25, 0.3) is 10.0 Å². The van der Waals surface area contributed by atoms with Gasteiger partial charge in [-0.2, -0.15) is 4.98 Å². The molecular formula is C18H18ClN3O3S2. The van der Waals surface area contributed by atoms with Crippen LogP contribution in [-0.2, 0) is 10.0 Å². The Morgan fingerprint density at radius 1 is 1.30 bits per heavy atom. The van der Waals surface area contributed by atoms with Crippen LogP contribution in [0.5, 0.6) is 0 Å². The van der Waals surface area contributed by atoms with Crippen LogP contribution in [0.15, 0.2) is 38.4 Å². The molecule has 0 radical (unpaired) electrons. The van der Waals surface area contributed by atoms with E-state index in [1.54, 1.807) is 36.6 Å². The molecule has 1 saturated carbocycles. The number of rotatable bonds is 5. The fourth-order valence-corrected chi connectivity index (χ4v) is 5.63. The summed E-state index contributed by atoms with van der Waals surface area (Å²) in [4.78, 5) is 4.46. The molecule has 1 N–H and O–H groups in total. The van der Waals surface area contributed by atoms with Gasteiger partial charge in [-0.05, 0) is 43.5 Å². The lowest BCUT2D eigenvalue weighted by molar-refractivity contribution is 0.354. The van der Waals surface area contributed by atoms with Gasteiger partial charge in [-0.25, -0.2) is 8.42 Å². The maximum absolute atomic E-state index is 12.7. The summed E-state index contributed by atoms with van der Waals surface area (Å²) in [5, 5.41) is 6.26. The Hall–Kier alpha value is -1.90. The molecular weight excluding hydrogens is 406 g/mol. The standard InChI is InChI=1S/C18H18ClN3O3S2/c1-11-14(19)7-4-8-15(11)22-27(23,24)16-9-13(10-26-16)17-20-18(25-21-17)12-5-2-3-6-12/h4,7-10,12,22H,2-3,5-6H2,1H3. The summed E-state index contributed by atoms with van der Waals surface area (Å²) in [6, 6.07) is 6.67. The number of nitrogens with zero attached hydrogens (tertiary/aromatic N) is 2. The summed E-state index contributed by atoms with van der Waals surface area (Å²) < 4.78 is 33.6. The monoisotopic (exact) mass is 423 g/mol. The van der Waals surface area contributed by atoms with Gasteiger partial charge in [0.05, 0.1) is 5.69 Å². The minimum absolute atomic E-state index is 0.184. The van der Waals surface area contributed by atoms with E-state index in [-0.39, 0.29) is 4.21 Å². The third-order valence-electron chi connectivity index (χ3n) is 4.76. The molecule has 0 saturated heterocycles. The molecule has 0 atom stereocenters. The number of benzene rings is 1. The number of sulfonamides is 1. The van der Waals surface area contributed by atoms with Crippen molar-refractivity contribution in [2.45, 2.75) is 42.7 Å². The third kappa shape index (κ3) is 3.74. The zero-order valence-electron chi connectivity index (χ0n) is 14.6. The van der Waals surface area contributed by atoms with E-state index >= 15 is 0 Å². The van der Waals surface area contributed by atoms with Gasteiger partial charge < -0.3 is 4.52 Å². The first-order valence-corrected chi connectivity index (χ1v) is 11.4. The molecule has 0 unspecified atom stereocenters. The maximum atomic E-state index is 12.7. The average molecular weight is 424 g/mol. The number of hydrogen-bond acceptors (Lipinski definition) is 6. The summed E-state index contributed by atoms with van der Waals surface area (Å²) in [6.07, 6.45) is 4.48. The van der Waals surface area contributed by atoms with Gasteiger partial charge in [-0.3, -0.25) is 4.72 Å². The molecule has 0 aliphatic heterocycles. The van der Waals surface area contributed by atoms with Gasteiger partial charge in [-0.15, -0.1) is 11.3 Å². The predicted octanol–water partition coefficient (Wildman–Crippen LogP) is 5.22. The maximum Gasteiger partial charge on any atom is 0.271 e. The van der Waals surface area contributed by atoms with Crippen molar-refractivity contribution in [2.24, 2.45) is 0 Å². The van der Waals surface area contributed by atoms with Gasteiger partial charge in [-0.1, -0.05) is 35.7 Å². The highest BCUT2D eigenvalue weighted by Crippen LogP contribution is 2.35. The second-order valence-electron chi connectivity index (χ2n) is 6.61. The number of nitrogens with one attached hydrogen (secondary N) is 1. The molecule has 6 nitrogen and oxygen atoms in total. The van der Waals surface area contributed by atoms with Crippen LogP contribution in [0.3, 0.4) is 0 Å². The van der Waals surface area contributed by atoms with Crippen LogP contribution in [0.1, 0.15) is 43.1 Å². The Morgan fingerprint density at radius 2 is 2.07 bits per heavy atom. The van der Waals surface area contributed by atoms with Gasteiger partial charge in [0.2, 0.25) is 11.7 Å². The molecule has 2 heterocycles. The Bertz CT molecular complexity index is 1070. The molecule has 1 fully saturated rings. The summed E-state index contributed by atoms with van der Waals surface area (Å²) in [7, 11) is -3.72. The lowest BCUT2D eigenvalue weighted by Gasteiger charge is -2.10. The lowest BCUT2D eigenvalue weighted by Crippen LogP contribution is -2.12. The Balaban J connectivity index is 1.57. The second-order valence-corrected chi connectivity index (χ2v) is 9.84. The van der Waals surface area contributed by atoms with Crippen LogP contribution < -0.4 is 4.72 Å². The van der Waals surface area contributed by atoms with E-state index in [0.29, 0.717) is 39.5 Å². The Kier molecular flexibility index (Phi) is 4.96. The predicted molar refractivity (Wildman–Crippen MR) is 106 cm³/mol. The number of thiophene rings is 1. The lowest BCUT2D eigenvalue weighted by atomic mass is 10.1. The van der Waals surface area contributed by atoms with E-state index in [9.17, 15) is 8.42 Å². The molecule has 0 amide bonds. The van der Waals surface area contributed by atoms with Crippen molar-refractivity contribution in [3.05, 3.63) is 46.1 Å². The van der Waals surface area contributed by atoms with E-state index in [4.69, 9.17) is 16.1 Å². The fourth-order valence-electron chi connectivity index (χ4n) is 3.18. The fraction of sp³-hybridized carbons (Fsp3) is 0.333. The molecule has 1 aliphatic carbocycles. The molecule has 142 valence electrons. The topological polar surface area (TPSA) is 85.1 Å². The molecule has 0 spiro atoms. The summed E-state index contributed by atoms with van der Waals surface area (Å²) in [5.41, 5.74) is 1.77. The van der Waals surface area contributed by atoms with E-state index in [0.717, 1.165) is 24.2 Å². The molecule has 1 aliphatic rings. The van der Waals surface area contributed by atoms with Crippen LogP contribution in [-0.4, -0.2) is 18.6 Å². The second kappa shape index (κ2) is 7.26. The summed E-state index contributed by atoms with van der Waals surface area (Å²) in [5.74, 6) is 1.39. The van der Waals surface area contributed by atoms with Crippen LogP contribution in [0.4, 0.5) is 5.69 Å². The summed E-state index contributed by atoms with van der Waals surface area (Å²) in [6.45, 7) is 1.77. The van der Waals surface area contributed by atoms with Crippen molar-refractivity contribution in [1.82, 2.24) is 10.1 Å². The number of aromatic nitrogens is 2. The molecule has 1 aromatic carbocycles. The van der Waals surface area contributed by atoms with Gasteiger partial charge in [0.15, 0.2) is 0 Å². The molecule has 4 rings (SSSR count). The quantitative estimate of drug-likeness (QED) is 0.608. The first kappa shape index (κ1) is 18.5. The van der Waals surface area contributed by atoms with Crippen molar-refractivity contribution in [3.8, 4) is 11.4 Å². The number of halogens is 1. The minimum Gasteiger partial charge on any atom is -0.339 e. The molecule has 0 bridgehead atoms. The van der Waals surface area contributed by atoms with Crippen LogP contribution >= 0.6 is 22.9 Å². The van der Waals surface area contributed by atoms with Crippen molar-refractivity contribution in [2.75, 3.05) is 4.72 Å². The van der Waals surface area contributed by atoms with Crippen LogP contribution in [0.25, 0.3) is 11.4 Å². The SMILES string of the molecule is Cc1c(Cl)cccc1NS(=O)(=O)c1cc(-c2noc(C3CCCC3)n2)cs1. The first-order chi connectivity index (χ1) is 12.9. The highest BCUT2D eigenvalue weighted by Gasteiger charge is 2.25. The van der Waals surface area contributed by atoms with E-state index in [2.05, 4.69) is 14.9 Å². The van der Waals surface area contributed by atoms with Crippen molar-refractivity contribution in [1.29, 1.82) is 0 Å². The summed E-state index contributed by atoms with van der Waals surface area (Å²) >= 11 is 7.19. The van der Waals surface area contributed by atoms with Gasteiger partial charge in [0, 0.05) is 21.9 Å². The molecule has 3 aromatic rings. The molecule has 2 aromatic heterocycles. The molecule has 27 heavy (non-hydrogen) atoms. The van der Waals surface area contributed by atoms with Gasteiger partial charge in [0.1, 0.15) is 4.21 Å². The first-order valence-electron chi connectivity index (χ1n) is 8.64. The Morgan fingerprint density at radius 3 is 2.85 bits per heavy atom. The van der Waals surface area contributed by atoms with Crippen molar-refractivity contribution >= 4 is 38.6 Å². The highest BCUT2D eigenvalue weighted by atomic mass is 35.5. The normalized spacial score (nSPS) is 15.3. The zero-order chi connectivity index (χ0) is 19.0. The van der Waals surface area contributed by atoms with Gasteiger partial charge >= 0.3 is 0 Å². The molecule has 9 heteroatoms. The zero-order valence-corrected chi connectivity index (χ0v) is 17.0. The highest BCUT2D eigenvalue weighted by molar-refractivity contribution is 7.94. The van der Waals surface area contributed by atoms with Crippen LogP contribution in [0, 0.1) is 6.92 Å². The van der Waals surface area contributed by atoms with E-state index in [1.807, 2.05) is 0 Å². The largest absolute Gasteiger partial charge is 0.339 e. The van der Waals surface area contributed by atoms with E-state index in [1.165, 1.54) is 12.8 Å². The average Bonchev–Trinajstić information content (AvgIpc) is 3.39. The Labute approximate surface area is 166 Å². The van der Waals surface area contributed by atoms with E-state index < -0.39 is 10.0 Å². The van der Waals surface area contributed by atoms with Crippen molar-refractivity contribution in [3.63, 3.8) is 0 Å². The third-order valence-corrected chi connectivity index (χ3v) is 7.97. The smallest absolute Gasteiger partial charge is 0.271 e.